The molecule has 1 aromatic carbocycles. The molecule has 0 N–H and O–H groups in total. The van der Waals surface area contributed by atoms with Gasteiger partial charge in [-0.2, -0.15) is 4.98 Å². The summed E-state index contributed by atoms with van der Waals surface area (Å²) < 4.78 is 2.37. The van der Waals surface area contributed by atoms with Crippen molar-refractivity contribution in [1.29, 1.82) is 0 Å². The van der Waals surface area contributed by atoms with Crippen LogP contribution in [0.4, 0.5) is 11.6 Å². The van der Waals surface area contributed by atoms with Gasteiger partial charge < -0.3 is 9.47 Å². The number of fused-ring (bicyclic) bond motifs is 1. The summed E-state index contributed by atoms with van der Waals surface area (Å²) >= 11 is 0. The third kappa shape index (κ3) is 3.41. The number of benzene rings is 1. The van der Waals surface area contributed by atoms with Gasteiger partial charge in [0.2, 0.25) is 5.95 Å². The lowest BCUT2D eigenvalue weighted by Gasteiger charge is -2.26. The van der Waals surface area contributed by atoms with Crippen molar-refractivity contribution in [3.8, 4) is 0 Å². The average molecular weight is 379 g/mol. The number of aryl methyl sites for hydroxylation is 5. The Balaban J connectivity index is 2.24. The lowest BCUT2D eigenvalue weighted by molar-refractivity contribution is 0.482. The highest BCUT2D eigenvalue weighted by Gasteiger charge is 2.21. The molecule has 0 atom stereocenters. The van der Waals surface area contributed by atoms with Crippen molar-refractivity contribution >= 4 is 22.7 Å². The van der Waals surface area contributed by atoms with Crippen molar-refractivity contribution in [3.05, 3.63) is 46.3 Å². The Morgan fingerprint density at radius 3 is 2.04 bits per heavy atom. The van der Waals surface area contributed by atoms with Gasteiger partial charge in [0.15, 0.2) is 0 Å². The first-order chi connectivity index (χ1) is 13.3. The van der Waals surface area contributed by atoms with Crippen LogP contribution in [0.3, 0.4) is 0 Å². The van der Waals surface area contributed by atoms with Crippen molar-refractivity contribution in [3.63, 3.8) is 0 Å². The van der Waals surface area contributed by atoms with E-state index in [1.54, 1.807) is 0 Å². The van der Waals surface area contributed by atoms with Crippen molar-refractivity contribution < 1.29 is 0 Å². The molecule has 2 heterocycles. The zero-order valence-electron chi connectivity index (χ0n) is 18.7. The van der Waals surface area contributed by atoms with E-state index < -0.39 is 0 Å². The van der Waals surface area contributed by atoms with E-state index in [4.69, 9.17) is 9.97 Å². The van der Waals surface area contributed by atoms with Crippen molar-refractivity contribution in [2.75, 3.05) is 11.4 Å². The van der Waals surface area contributed by atoms with Gasteiger partial charge in [-0.25, -0.2) is 4.98 Å². The van der Waals surface area contributed by atoms with Gasteiger partial charge in [-0.3, -0.25) is 0 Å². The van der Waals surface area contributed by atoms with Crippen molar-refractivity contribution in [2.45, 2.75) is 74.3 Å². The number of aromatic nitrogens is 3. The predicted octanol–water partition coefficient (Wildman–Crippen LogP) is 6.49. The Bertz CT molecular complexity index is 972. The maximum absolute atomic E-state index is 5.10. The largest absolute Gasteiger partial charge is 0.329 e. The van der Waals surface area contributed by atoms with Crippen LogP contribution in [-0.4, -0.2) is 21.1 Å². The SMILES string of the molecule is CCC(CC)n1cc(C)c2c(C)nc(N(CC)c3c(C)cc(C)cc3C)nc21. The number of hydrogen-bond acceptors (Lipinski definition) is 3. The molecule has 0 saturated heterocycles. The standard InChI is InChI=1S/C24H34N4/c1-9-20(10-2)28-14-18(7)21-19(8)25-24(26-23(21)28)27(11-3)22-16(5)12-15(4)13-17(22)6/h12-14,20H,9-11H2,1-8H3. The van der Waals surface area contributed by atoms with E-state index >= 15 is 0 Å². The summed E-state index contributed by atoms with van der Waals surface area (Å²) in [6.07, 6.45) is 4.46. The normalized spacial score (nSPS) is 11.6. The van der Waals surface area contributed by atoms with Crippen LogP contribution in [0.15, 0.2) is 18.3 Å². The summed E-state index contributed by atoms with van der Waals surface area (Å²) in [4.78, 5) is 12.3. The number of rotatable bonds is 6. The molecular weight excluding hydrogens is 344 g/mol. The maximum Gasteiger partial charge on any atom is 0.232 e. The van der Waals surface area contributed by atoms with E-state index in [9.17, 15) is 0 Å². The number of anilines is 2. The van der Waals surface area contributed by atoms with Crippen LogP contribution in [0.25, 0.3) is 11.0 Å². The second-order valence-electron chi connectivity index (χ2n) is 7.99. The molecule has 3 rings (SSSR count). The smallest absolute Gasteiger partial charge is 0.232 e. The first-order valence-corrected chi connectivity index (χ1v) is 10.5. The minimum Gasteiger partial charge on any atom is -0.329 e. The van der Waals surface area contributed by atoms with E-state index in [1.165, 1.54) is 33.3 Å². The van der Waals surface area contributed by atoms with Crippen LogP contribution in [0, 0.1) is 34.6 Å². The molecule has 0 bridgehead atoms. The van der Waals surface area contributed by atoms with Gasteiger partial charge in [0.1, 0.15) is 5.65 Å². The Kier molecular flexibility index (Phi) is 5.78. The molecular formula is C24H34N4. The van der Waals surface area contributed by atoms with E-state index in [-0.39, 0.29) is 0 Å². The molecule has 0 fully saturated rings. The minimum atomic E-state index is 0.469. The van der Waals surface area contributed by atoms with Crippen molar-refractivity contribution in [2.24, 2.45) is 0 Å². The second-order valence-corrected chi connectivity index (χ2v) is 7.99. The van der Waals surface area contributed by atoms with Crippen LogP contribution >= 0.6 is 0 Å². The molecule has 0 radical (unpaired) electrons. The molecule has 4 heteroatoms. The Labute approximate surface area is 169 Å². The van der Waals surface area contributed by atoms with Gasteiger partial charge in [0.25, 0.3) is 0 Å². The van der Waals surface area contributed by atoms with Gasteiger partial charge in [0, 0.05) is 29.9 Å². The quantitative estimate of drug-likeness (QED) is 0.491. The average Bonchev–Trinajstić information content (AvgIpc) is 2.96. The van der Waals surface area contributed by atoms with E-state index in [0.29, 0.717) is 6.04 Å². The first-order valence-electron chi connectivity index (χ1n) is 10.5. The van der Waals surface area contributed by atoms with Crippen LogP contribution in [0.1, 0.15) is 67.6 Å². The Morgan fingerprint density at radius 2 is 1.50 bits per heavy atom. The highest BCUT2D eigenvalue weighted by atomic mass is 15.3. The molecule has 0 spiro atoms. The topological polar surface area (TPSA) is 34.0 Å². The van der Waals surface area contributed by atoms with Gasteiger partial charge >= 0.3 is 0 Å². The molecule has 0 unspecified atom stereocenters. The lowest BCUT2D eigenvalue weighted by Crippen LogP contribution is -2.22. The fourth-order valence-electron chi connectivity index (χ4n) is 4.60. The highest BCUT2D eigenvalue weighted by Crippen LogP contribution is 2.34. The number of hydrogen-bond donors (Lipinski definition) is 0. The summed E-state index contributed by atoms with van der Waals surface area (Å²) in [5, 5.41) is 1.20. The zero-order chi connectivity index (χ0) is 20.6. The van der Waals surface area contributed by atoms with E-state index in [0.717, 1.165) is 36.7 Å². The summed E-state index contributed by atoms with van der Waals surface area (Å²) in [5.41, 5.74) is 8.44. The van der Waals surface area contributed by atoms with Crippen LogP contribution < -0.4 is 4.90 Å². The van der Waals surface area contributed by atoms with Crippen LogP contribution in [0.2, 0.25) is 0 Å². The van der Waals surface area contributed by atoms with Gasteiger partial charge in [-0.15, -0.1) is 0 Å². The third-order valence-electron chi connectivity index (χ3n) is 5.83. The van der Waals surface area contributed by atoms with Crippen LogP contribution in [0.5, 0.6) is 0 Å². The molecule has 0 amide bonds. The Morgan fingerprint density at radius 1 is 0.893 bits per heavy atom. The molecule has 4 nitrogen and oxygen atoms in total. The minimum absolute atomic E-state index is 0.469. The van der Waals surface area contributed by atoms with E-state index in [1.807, 2.05) is 0 Å². The summed E-state index contributed by atoms with van der Waals surface area (Å²) in [6, 6.07) is 4.96. The molecule has 2 aromatic heterocycles. The predicted molar refractivity (Wildman–Crippen MR) is 120 cm³/mol. The number of nitrogens with zero attached hydrogens (tertiary/aromatic N) is 4. The molecule has 0 aliphatic rings. The monoisotopic (exact) mass is 378 g/mol. The van der Waals surface area contributed by atoms with Crippen LogP contribution in [-0.2, 0) is 0 Å². The van der Waals surface area contributed by atoms with E-state index in [2.05, 4.69) is 83.2 Å². The zero-order valence-corrected chi connectivity index (χ0v) is 18.7. The lowest BCUT2D eigenvalue weighted by atomic mass is 10.0. The molecule has 0 saturated carbocycles. The molecule has 0 aliphatic heterocycles. The van der Waals surface area contributed by atoms with Gasteiger partial charge in [0.05, 0.1) is 5.69 Å². The molecule has 150 valence electrons. The molecule has 28 heavy (non-hydrogen) atoms. The Hall–Kier alpha value is -2.36. The molecule has 3 aromatic rings. The third-order valence-corrected chi connectivity index (χ3v) is 5.83. The van der Waals surface area contributed by atoms with Gasteiger partial charge in [-0.1, -0.05) is 31.5 Å². The second kappa shape index (κ2) is 7.94. The van der Waals surface area contributed by atoms with Crippen molar-refractivity contribution in [1.82, 2.24) is 14.5 Å². The fourth-order valence-corrected chi connectivity index (χ4v) is 4.60. The maximum atomic E-state index is 5.10. The molecule has 0 aliphatic carbocycles. The summed E-state index contributed by atoms with van der Waals surface area (Å²) in [7, 11) is 0. The summed E-state index contributed by atoms with van der Waals surface area (Å²) in [5.74, 6) is 0.799. The summed E-state index contributed by atoms with van der Waals surface area (Å²) in [6.45, 7) is 18.3. The first kappa shape index (κ1) is 20.4. The fraction of sp³-hybridized carbons (Fsp3) is 0.500. The van der Waals surface area contributed by atoms with Gasteiger partial charge in [-0.05, 0) is 71.1 Å². The highest BCUT2D eigenvalue weighted by molar-refractivity contribution is 5.84.